The summed E-state index contributed by atoms with van der Waals surface area (Å²) in [4.78, 5) is 55.5. The molecule has 1 fully saturated rings. The van der Waals surface area contributed by atoms with Crippen LogP contribution in [0, 0.1) is 13.8 Å². The van der Waals surface area contributed by atoms with E-state index in [2.05, 4.69) is 26.1 Å². The summed E-state index contributed by atoms with van der Waals surface area (Å²) >= 11 is 1.35. The van der Waals surface area contributed by atoms with Crippen molar-refractivity contribution in [1.82, 2.24) is 15.8 Å². The molecule has 3 N–H and O–H groups in total. The Bertz CT molecular complexity index is 1170. The van der Waals surface area contributed by atoms with Crippen molar-refractivity contribution in [3.05, 3.63) is 53.0 Å². The molecule has 1 atom stereocenters. The molecule has 1 unspecified atom stereocenters. The van der Waals surface area contributed by atoms with Gasteiger partial charge in [0, 0.05) is 30.8 Å². The molecule has 2 aliphatic heterocycles. The predicted octanol–water partition coefficient (Wildman–Crippen LogP) is 2.78. The van der Waals surface area contributed by atoms with Gasteiger partial charge in [0.05, 0.1) is 5.56 Å². The zero-order valence-corrected chi connectivity index (χ0v) is 20.4. The standard InChI is InChI=1S/C24H27N5O5S/c1-14-12-18(15(2)34-14)22(32)28-27-21(31)16-6-8-17(9-7-16)25-20(30)13-19-23(33)26-24(35-19)29-10-4-3-5-11-29/h6-9,12,19H,3-5,10-11,13H2,1-2H3,(H,25,30)(H,27,31)(H,28,32). The number of piperidine rings is 1. The van der Waals surface area contributed by atoms with E-state index in [-0.39, 0.29) is 18.2 Å². The third-order valence-electron chi connectivity index (χ3n) is 5.73. The van der Waals surface area contributed by atoms with Crippen molar-refractivity contribution < 1.29 is 23.6 Å². The van der Waals surface area contributed by atoms with Gasteiger partial charge in [-0.2, -0.15) is 4.99 Å². The van der Waals surface area contributed by atoms with E-state index in [9.17, 15) is 19.2 Å². The molecule has 3 heterocycles. The summed E-state index contributed by atoms with van der Waals surface area (Å²) in [7, 11) is 0. The number of carbonyl (C=O) groups is 4. The number of benzene rings is 1. The minimum atomic E-state index is -0.525. The first-order valence-corrected chi connectivity index (χ1v) is 12.3. The monoisotopic (exact) mass is 497 g/mol. The van der Waals surface area contributed by atoms with Crippen molar-refractivity contribution in [3.63, 3.8) is 0 Å². The lowest BCUT2D eigenvalue weighted by atomic mass is 10.1. The van der Waals surface area contributed by atoms with Crippen LogP contribution in [-0.2, 0) is 9.59 Å². The Morgan fingerprint density at radius 1 is 1.06 bits per heavy atom. The van der Waals surface area contributed by atoms with Gasteiger partial charge in [0.1, 0.15) is 16.8 Å². The largest absolute Gasteiger partial charge is 0.466 e. The molecule has 11 heteroatoms. The molecule has 1 aromatic heterocycles. The molecule has 4 amide bonds. The summed E-state index contributed by atoms with van der Waals surface area (Å²) in [5, 5.41) is 2.94. The summed E-state index contributed by atoms with van der Waals surface area (Å²) in [6.45, 7) is 5.18. The van der Waals surface area contributed by atoms with E-state index in [0.717, 1.165) is 25.9 Å². The van der Waals surface area contributed by atoms with E-state index in [1.807, 2.05) is 0 Å². The average molecular weight is 498 g/mol. The van der Waals surface area contributed by atoms with Gasteiger partial charge in [0.15, 0.2) is 5.17 Å². The molecule has 184 valence electrons. The lowest BCUT2D eigenvalue weighted by molar-refractivity contribution is -0.121. The number of hydrogen-bond donors (Lipinski definition) is 3. The number of amidine groups is 1. The van der Waals surface area contributed by atoms with Crippen molar-refractivity contribution in [2.24, 2.45) is 4.99 Å². The first-order chi connectivity index (χ1) is 16.8. The molecule has 4 rings (SSSR count). The fourth-order valence-corrected chi connectivity index (χ4v) is 5.04. The molecule has 10 nitrogen and oxygen atoms in total. The number of nitrogens with zero attached hydrogens (tertiary/aromatic N) is 2. The van der Waals surface area contributed by atoms with Gasteiger partial charge in [0.2, 0.25) is 5.91 Å². The number of anilines is 1. The lowest BCUT2D eigenvalue weighted by Crippen LogP contribution is -2.41. The summed E-state index contributed by atoms with van der Waals surface area (Å²) in [5.41, 5.74) is 5.84. The summed E-state index contributed by atoms with van der Waals surface area (Å²) in [6.07, 6.45) is 3.38. The van der Waals surface area contributed by atoms with Crippen LogP contribution in [-0.4, -0.2) is 52.0 Å². The molecule has 0 radical (unpaired) electrons. The van der Waals surface area contributed by atoms with Crippen LogP contribution >= 0.6 is 11.8 Å². The first-order valence-electron chi connectivity index (χ1n) is 11.4. The highest BCUT2D eigenvalue weighted by Gasteiger charge is 2.33. The van der Waals surface area contributed by atoms with Crippen molar-refractivity contribution in [3.8, 4) is 0 Å². The van der Waals surface area contributed by atoms with E-state index < -0.39 is 17.1 Å². The van der Waals surface area contributed by atoms with Crippen LogP contribution in [0.3, 0.4) is 0 Å². The number of carbonyl (C=O) groups excluding carboxylic acids is 4. The van der Waals surface area contributed by atoms with Gasteiger partial charge in [-0.05, 0) is 63.4 Å². The van der Waals surface area contributed by atoms with Gasteiger partial charge < -0.3 is 14.6 Å². The van der Waals surface area contributed by atoms with Crippen LogP contribution in [0.4, 0.5) is 5.69 Å². The Labute approximate surface area is 206 Å². The van der Waals surface area contributed by atoms with E-state index in [4.69, 9.17) is 4.42 Å². The quantitative estimate of drug-likeness (QED) is 0.541. The summed E-state index contributed by atoms with van der Waals surface area (Å²) in [5.74, 6) is -0.515. The topological polar surface area (TPSA) is 133 Å². The van der Waals surface area contributed by atoms with Crippen LogP contribution in [0.2, 0.25) is 0 Å². The number of likely N-dealkylation sites (tertiary alicyclic amines) is 1. The molecule has 35 heavy (non-hydrogen) atoms. The van der Waals surface area contributed by atoms with Gasteiger partial charge in [-0.3, -0.25) is 30.0 Å². The lowest BCUT2D eigenvalue weighted by Gasteiger charge is -2.27. The van der Waals surface area contributed by atoms with Gasteiger partial charge >= 0.3 is 0 Å². The number of thioether (sulfide) groups is 1. The molecular formula is C24H27N5O5S. The minimum absolute atomic E-state index is 0.0194. The van der Waals surface area contributed by atoms with Crippen LogP contribution in [0.1, 0.15) is 57.9 Å². The van der Waals surface area contributed by atoms with Crippen molar-refractivity contribution in [1.29, 1.82) is 0 Å². The highest BCUT2D eigenvalue weighted by molar-refractivity contribution is 8.15. The smallest absolute Gasteiger partial charge is 0.273 e. The summed E-state index contributed by atoms with van der Waals surface area (Å²) in [6, 6.07) is 7.80. The maximum atomic E-state index is 12.5. The molecule has 1 saturated heterocycles. The third kappa shape index (κ3) is 6.10. The first kappa shape index (κ1) is 24.5. The van der Waals surface area contributed by atoms with Crippen LogP contribution in [0.25, 0.3) is 0 Å². The number of amides is 4. The van der Waals surface area contributed by atoms with Crippen LogP contribution in [0.5, 0.6) is 0 Å². The van der Waals surface area contributed by atoms with Gasteiger partial charge in [-0.25, -0.2) is 0 Å². The molecule has 1 aromatic carbocycles. The second kappa shape index (κ2) is 10.8. The molecule has 0 bridgehead atoms. The number of aryl methyl sites for hydroxylation is 2. The van der Waals surface area contributed by atoms with Crippen LogP contribution in [0.15, 0.2) is 39.7 Å². The van der Waals surface area contributed by atoms with Crippen LogP contribution < -0.4 is 16.2 Å². The maximum Gasteiger partial charge on any atom is 0.273 e. The molecular weight excluding hydrogens is 470 g/mol. The van der Waals surface area contributed by atoms with Crippen molar-refractivity contribution in [2.75, 3.05) is 18.4 Å². The zero-order chi connectivity index (χ0) is 24.9. The Morgan fingerprint density at radius 3 is 2.40 bits per heavy atom. The number of furan rings is 1. The van der Waals surface area contributed by atoms with Crippen molar-refractivity contribution >= 4 is 46.2 Å². The fourth-order valence-electron chi connectivity index (χ4n) is 3.92. The van der Waals surface area contributed by atoms with E-state index in [1.165, 1.54) is 30.3 Å². The number of aliphatic imine (C=N–C) groups is 1. The van der Waals surface area contributed by atoms with Gasteiger partial charge in [-0.15, -0.1) is 0 Å². The highest BCUT2D eigenvalue weighted by atomic mass is 32.2. The molecule has 0 spiro atoms. The molecule has 0 saturated carbocycles. The normalized spacial score (nSPS) is 17.7. The Hall–Kier alpha value is -3.60. The molecule has 0 aliphatic carbocycles. The fraction of sp³-hybridized carbons (Fsp3) is 0.375. The van der Waals surface area contributed by atoms with E-state index in [0.29, 0.717) is 33.5 Å². The second-order valence-corrected chi connectivity index (χ2v) is 9.62. The van der Waals surface area contributed by atoms with Gasteiger partial charge in [-0.1, -0.05) is 11.8 Å². The Morgan fingerprint density at radius 2 is 1.74 bits per heavy atom. The predicted molar refractivity (Wildman–Crippen MR) is 132 cm³/mol. The highest BCUT2D eigenvalue weighted by Crippen LogP contribution is 2.29. The number of hydrogen-bond acceptors (Lipinski definition) is 7. The second-order valence-electron chi connectivity index (χ2n) is 8.45. The number of hydrazine groups is 1. The average Bonchev–Trinajstić information content (AvgIpc) is 3.38. The number of nitrogens with one attached hydrogen (secondary N) is 3. The Balaban J connectivity index is 1.24. The van der Waals surface area contributed by atoms with E-state index >= 15 is 0 Å². The SMILES string of the molecule is Cc1cc(C(=O)NNC(=O)c2ccc(NC(=O)CC3SC(N4CCCCC4)=NC3=O)cc2)c(C)o1. The zero-order valence-electron chi connectivity index (χ0n) is 19.6. The maximum absolute atomic E-state index is 12.5. The molecule has 2 aliphatic rings. The Kier molecular flexibility index (Phi) is 7.54. The summed E-state index contributed by atoms with van der Waals surface area (Å²) < 4.78 is 5.32. The third-order valence-corrected chi connectivity index (χ3v) is 6.95. The van der Waals surface area contributed by atoms with E-state index in [1.54, 1.807) is 32.0 Å². The van der Waals surface area contributed by atoms with Gasteiger partial charge in [0.25, 0.3) is 17.7 Å². The number of rotatable bonds is 5. The van der Waals surface area contributed by atoms with Crippen molar-refractivity contribution in [2.45, 2.75) is 44.8 Å². The minimum Gasteiger partial charge on any atom is -0.466 e. The molecule has 2 aromatic rings.